The van der Waals surface area contributed by atoms with E-state index in [9.17, 15) is 0 Å². The summed E-state index contributed by atoms with van der Waals surface area (Å²) < 4.78 is 7.27. The fourth-order valence-electron chi connectivity index (χ4n) is 2.28. The van der Waals surface area contributed by atoms with E-state index in [4.69, 9.17) is 4.42 Å². The SMILES string of the molecule is CCc1ccsc1-c1ccc(-c2sc(Br)cc2CC)o1. The first-order valence-corrected chi connectivity index (χ1v) is 9.17. The largest absolute Gasteiger partial charge is 0.454 e. The Morgan fingerprint density at radius 1 is 1.00 bits per heavy atom. The molecule has 3 heterocycles. The predicted octanol–water partition coefficient (Wildman–Crippen LogP) is 6.62. The molecule has 20 heavy (non-hydrogen) atoms. The van der Waals surface area contributed by atoms with E-state index in [-0.39, 0.29) is 0 Å². The molecule has 0 spiro atoms. The second kappa shape index (κ2) is 5.88. The Kier molecular flexibility index (Phi) is 4.15. The van der Waals surface area contributed by atoms with Crippen molar-refractivity contribution in [3.05, 3.63) is 44.6 Å². The number of furan rings is 1. The van der Waals surface area contributed by atoms with Gasteiger partial charge in [0.05, 0.1) is 13.5 Å². The molecule has 0 aliphatic carbocycles. The van der Waals surface area contributed by atoms with Crippen LogP contribution in [-0.4, -0.2) is 0 Å². The summed E-state index contributed by atoms with van der Waals surface area (Å²) in [5, 5.41) is 2.13. The van der Waals surface area contributed by atoms with Gasteiger partial charge in [0.2, 0.25) is 0 Å². The van der Waals surface area contributed by atoms with Crippen LogP contribution < -0.4 is 0 Å². The highest BCUT2D eigenvalue weighted by atomic mass is 79.9. The monoisotopic (exact) mass is 366 g/mol. The molecular weight excluding hydrogens is 352 g/mol. The minimum Gasteiger partial charge on any atom is -0.454 e. The lowest BCUT2D eigenvalue weighted by Crippen LogP contribution is -1.78. The van der Waals surface area contributed by atoms with Gasteiger partial charge in [0.25, 0.3) is 0 Å². The van der Waals surface area contributed by atoms with E-state index in [1.165, 1.54) is 20.9 Å². The lowest BCUT2D eigenvalue weighted by atomic mass is 10.2. The van der Waals surface area contributed by atoms with Crippen molar-refractivity contribution in [2.45, 2.75) is 26.7 Å². The summed E-state index contributed by atoms with van der Waals surface area (Å²) in [6.45, 7) is 4.36. The van der Waals surface area contributed by atoms with Gasteiger partial charge >= 0.3 is 0 Å². The van der Waals surface area contributed by atoms with Crippen molar-refractivity contribution in [3.63, 3.8) is 0 Å². The average molecular weight is 367 g/mol. The van der Waals surface area contributed by atoms with Gasteiger partial charge in [-0.25, -0.2) is 0 Å². The third-order valence-electron chi connectivity index (χ3n) is 3.34. The molecule has 0 unspecified atom stereocenters. The van der Waals surface area contributed by atoms with Gasteiger partial charge in [-0.15, -0.1) is 22.7 Å². The van der Waals surface area contributed by atoms with Gasteiger partial charge in [-0.1, -0.05) is 13.8 Å². The first kappa shape index (κ1) is 14.1. The standard InChI is InChI=1S/C16H15BrOS2/c1-3-10-7-8-19-15(10)12-5-6-13(18-12)16-11(4-2)9-14(17)20-16/h5-9H,3-4H2,1-2H3. The number of aryl methyl sites for hydroxylation is 2. The van der Waals surface area contributed by atoms with Crippen molar-refractivity contribution >= 4 is 38.6 Å². The maximum Gasteiger partial charge on any atom is 0.145 e. The van der Waals surface area contributed by atoms with Crippen LogP contribution in [0.25, 0.3) is 21.3 Å². The quantitative estimate of drug-likeness (QED) is 0.505. The minimum absolute atomic E-state index is 0.975. The van der Waals surface area contributed by atoms with Crippen molar-refractivity contribution in [3.8, 4) is 21.3 Å². The van der Waals surface area contributed by atoms with Crippen LogP contribution in [0.2, 0.25) is 0 Å². The summed E-state index contributed by atoms with van der Waals surface area (Å²) in [7, 11) is 0. The second-order valence-electron chi connectivity index (χ2n) is 4.55. The molecule has 0 bridgehead atoms. The highest BCUT2D eigenvalue weighted by Gasteiger charge is 2.15. The van der Waals surface area contributed by atoms with Crippen LogP contribution in [0.1, 0.15) is 25.0 Å². The van der Waals surface area contributed by atoms with Gasteiger partial charge in [0.1, 0.15) is 11.5 Å². The van der Waals surface area contributed by atoms with Crippen LogP contribution >= 0.6 is 38.6 Å². The van der Waals surface area contributed by atoms with E-state index in [0.717, 1.165) is 28.1 Å². The van der Waals surface area contributed by atoms with Gasteiger partial charge < -0.3 is 4.42 Å². The molecule has 4 heteroatoms. The first-order valence-electron chi connectivity index (χ1n) is 6.68. The zero-order valence-corrected chi connectivity index (χ0v) is 14.6. The van der Waals surface area contributed by atoms with Gasteiger partial charge in [-0.3, -0.25) is 0 Å². The number of thiophene rings is 2. The summed E-state index contributed by atoms with van der Waals surface area (Å²) in [5.74, 6) is 1.96. The Labute approximate surface area is 135 Å². The maximum atomic E-state index is 6.11. The highest BCUT2D eigenvalue weighted by Crippen LogP contribution is 2.40. The topological polar surface area (TPSA) is 13.1 Å². The molecule has 0 aromatic carbocycles. The van der Waals surface area contributed by atoms with E-state index in [0.29, 0.717) is 0 Å². The molecule has 0 fully saturated rings. The van der Waals surface area contributed by atoms with Gasteiger partial charge in [0, 0.05) is 0 Å². The molecular formula is C16H15BrOS2. The van der Waals surface area contributed by atoms with Crippen molar-refractivity contribution in [1.29, 1.82) is 0 Å². The summed E-state index contributed by atoms with van der Waals surface area (Å²) in [6, 6.07) is 8.55. The van der Waals surface area contributed by atoms with E-state index < -0.39 is 0 Å². The van der Waals surface area contributed by atoms with Crippen molar-refractivity contribution in [1.82, 2.24) is 0 Å². The fraction of sp³-hybridized carbons (Fsp3) is 0.250. The first-order chi connectivity index (χ1) is 9.72. The second-order valence-corrected chi connectivity index (χ2v) is 7.90. The Balaban J connectivity index is 2.02. The molecule has 0 aliphatic rings. The molecule has 0 atom stereocenters. The molecule has 3 rings (SSSR count). The Morgan fingerprint density at radius 3 is 2.40 bits per heavy atom. The van der Waals surface area contributed by atoms with E-state index in [1.54, 1.807) is 22.7 Å². The summed E-state index contributed by atoms with van der Waals surface area (Å²) >= 11 is 7.06. The van der Waals surface area contributed by atoms with Crippen LogP contribution in [0, 0.1) is 0 Å². The van der Waals surface area contributed by atoms with E-state index in [2.05, 4.69) is 59.4 Å². The third-order valence-corrected chi connectivity index (χ3v) is 6.01. The number of halogens is 1. The van der Waals surface area contributed by atoms with Crippen molar-refractivity contribution in [2.24, 2.45) is 0 Å². The van der Waals surface area contributed by atoms with E-state index in [1.807, 2.05) is 0 Å². The van der Waals surface area contributed by atoms with Crippen LogP contribution in [-0.2, 0) is 12.8 Å². The predicted molar refractivity (Wildman–Crippen MR) is 91.8 cm³/mol. The van der Waals surface area contributed by atoms with Gasteiger partial charge in [-0.2, -0.15) is 0 Å². The molecule has 0 aliphatic heterocycles. The van der Waals surface area contributed by atoms with E-state index >= 15 is 0 Å². The number of hydrogen-bond acceptors (Lipinski definition) is 3. The van der Waals surface area contributed by atoms with Crippen LogP contribution in [0.15, 0.2) is 37.8 Å². The molecule has 0 N–H and O–H groups in total. The zero-order valence-electron chi connectivity index (χ0n) is 11.4. The lowest BCUT2D eigenvalue weighted by Gasteiger charge is -1.99. The Bertz CT molecular complexity index is 721. The maximum absolute atomic E-state index is 6.11. The molecule has 0 radical (unpaired) electrons. The van der Waals surface area contributed by atoms with Crippen LogP contribution in [0.3, 0.4) is 0 Å². The summed E-state index contributed by atoms with van der Waals surface area (Å²) in [4.78, 5) is 2.49. The number of rotatable bonds is 4. The highest BCUT2D eigenvalue weighted by molar-refractivity contribution is 9.11. The Morgan fingerprint density at radius 2 is 1.70 bits per heavy atom. The molecule has 0 saturated carbocycles. The summed E-state index contributed by atoms with van der Waals surface area (Å²) in [6.07, 6.45) is 2.06. The Hall–Kier alpha value is -0.840. The average Bonchev–Trinajstić information content (AvgIpc) is 3.15. The molecule has 1 nitrogen and oxygen atoms in total. The minimum atomic E-state index is 0.975. The zero-order chi connectivity index (χ0) is 14.1. The van der Waals surface area contributed by atoms with Crippen LogP contribution in [0.5, 0.6) is 0 Å². The molecule has 3 aromatic heterocycles. The van der Waals surface area contributed by atoms with Crippen molar-refractivity contribution in [2.75, 3.05) is 0 Å². The molecule has 0 saturated heterocycles. The smallest absolute Gasteiger partial charge is 0.145 e. The van der Waals surface area contributed by atoms with Gasteiger partial charge in [-0.05, 0) is 69.5 Å². The van der Waals surface area contributed by atoms with Crippen LogP contribution in [0.4, 0.5) is 0 Å². The molecule has 0 amide bonds. The summed E-state index contributed by atoms with van der Waals surface area (Å²) in [5.41, 5.74) is 2.70. The molecule has 104 valence electrons. The van der Waals surface area contributed by atoms with Crippen molar-refractivity contribution < 1.29 is 4.42 Å². The lowest BCUT2D eigenvalue weighted by molar-refractivity contribution is 0.599. The number of hydrogen-bond donors (Lipinski definition) is 0. The van der Waals surface area contributed by atoms with Gasteiger partial charge in [0.15, 0.2) is 0 Å². The fourth-order valence-corrected chi connectivity index (χ4v) is 4.94. The third kappa shape index (κ3) is 2.52. The normalized spacial score (nSPS) is 11.2. The molecule has 3 aromatic rings.